The minimum atomic E-state index is -1.42. The van der Waals surface area contributed by atoms with Gasteiger partial charge in [0.2, 0.25) is 0 Å². The third kappa shape index (κ3) is 2.38. The molecule has 2 heterocycles. The van der Waals surface area contributed by atoms with E-state index in [9.17, 15) is 15.3 Å². The van der Waals surface area contributed by atoms with Crippen molar-refractivity contribution < 1.29 is 29.5 Å². The fourth-order valence-electron chi connectivity index (χ4n) is 2.37. The van der Waals surface area contributed by atoms with Crippen LogP contribution in [-0.2, 0) is 14.2 Å². The number of rotatable bonds is 1. The van der Waals surface area contributed by atoms with E-state index < -0.39 is 37.0 Å². The van der Waals surface area contributed by atoms with Crippen molar-refractivity contribution >= 4 is 0 Å². The zero-order valence-corrected chi connectivity index (χ0v) is 10.1. The number of aliphatic hydroxyl groups is 3. The van der Waals surface area contributed by atoms with Gasteiger partial charge in [-0.2, -0.15) is 0 Å². The summed E-state index contributed by atoms with van der Waals surface area (Å²) in [6.07, 6.45) is -5.93. The lowest BCUT2D eigenvalue weighted by Crippen LogP contribution is -2.61. The van der Waals surface area contributed by atoms with Gasteiger partial charge in [0.1, 0.15) is 24.4 Å². The number of aliphatic hydroxyl groups excluding tert-OH is 3. The van der Waals surface area contributed by atoms with E-state index in [0.717, 1.165) is 5.56 Å². The summed E-state index contributed by atoms with van der Waals surface area (Å²) in [7, 11) is 0. The number of hydrogen-bond acceptors (Lipinski definition) is 6. The molecular formula is C13H16O6. The first kappa shape index (κ1) is 13.0. The van der Waals surface area contributed by atoms with Gasteiger partial charge in [-0.25, -0.2) is 0 Å². The van der Waals surface area contributed by atoms with Gasteiger partial charge in [-0.1, -0.05) is 30.3 Å². The molecule has 0 aliphatic carbocycles. The average molecular weight is 268 g/mol. The summed E-state index contributed by atoms with van der Waals surface area (Å²) in [5.41, 5.74) is 0.828. The van der Waals surface area contributed by atoms with Crippen LogP contribution in [0.25, 0.3) is 0 Å². The van der Waals surface area contributed by atoms with Crippen molar-refractivity contribution in [2.24, 2.45) is 0 Å². The topological polar surface area (TPSA) is 88.4 Å². The highest BCUT2D eigenvalue weighted by atomic mass is 16.7. The summed E-state index contributed by atoms with van der Waals surface area (Å²) >= 11 is 0. The van der Waals surface area contributed by atoms with Gasteiger partial charge in [0.25, 0.3) is 0 Å². The van der Waals surface area contributed by atoms with Crippen molar-refractivity contribution in [1.82, 2.24) is 0 Å². The Balaban J connectivity index is 1.75. The van der Waals surface area contributed by atoms with Crippen LogP contribution in [0.1, 0.15) is 11.9 Å². The Bertz CT molecular complexity index is 422. The molecule has 2 saturated heterocycles. The Morgan fingerprint density at radius 2 is 1.68 bits per heavy atom. The van der Waals surface area contributed by atoms with Gasteiger partial charge in [-0.05, 0) is 0 Å². The molecule has 1 aromatic carbocycles. The van der Waals surface area contributed by atoms with Crippen LogP contribution in [0.5, 0.6) is 0 Å². The molecule has 2 fully saturated rings. The molecule has 0 spiro atoms. The van der Waals surface area contributed by atoms with Crippen LogP contribution in [0, 0.1) is 0 Å². The number of hydrogen-bond donors (Lipinski definition) is 3. The lowest BCUT2D eigenvalue weighted by Gasteiger charge is -2.45. The summed E-state index contributed by atoms with van der Waals surface area (Å²) in [6.45, 7) is 0.186. The van der Waals surface area contributed by atoms with E-state index in [1.54, 1.807) is 0 Å². The molecule has 0 aromatic heterocycles. The Morgan fingerprint density at radius 3 is 2.42 bits per heavy atom. The van der Waals surface area contributed by atoms with Crippen LogP contribution in [0.3, 0.4) is 0 Å². The van der Waals surface area contributed by atoms with Gasteiger partial charge in [0.15, 0.2) is 12.6 Å². The second-order valence-corrected chi connectivity index (χ2v) is 4.72. The summed E-state index contributed by atoms with van der Waals surface area (Å²) in [4.78, 5) is 0. The average Bonchev–Trinajstić information content (AvgIpc) is 2.46. The third-order valence-electron chi connectivity index (χ3n) is 3.42. The molecule has 2 aliphatic heterocycles. The smallest absolute Gasteiger partial charge is 0.184 e. The van der Waals surface area contributed by atoms with Crippen LogP contribution in [0.15, 0.2) is 30.3 Å². The highest BCUT2D eigenvalue weighted by Crippen LogP contribution is 2.33. The predicted octanol–water partition coefficient (Wildman–Crippen LogP) is -0.460. The van der Waals surface area contributed by atoms with Crippen LogP contribution in [-0.4, -0.2) is 52.6 Å². The lowest BCUT2D eigenvalue weighted by atomic mass is 9.98. The van der Waals surface area contributed by atoms with E-state index in [4.69, 9.17) is 14.2 Å². The SMILES string of the molecule is O[C@@H]1[C@@H](O)[C@H](O)O[C@@H]2COC(c3ccccc3)O[C@H]12. The predicted molar refractivity (Wildman–Crippen MR) is 62.9 cm³/mol. The third-order valence-corrected chi connectivity index (χ3v) is 3.42. The molecule has 6 nitrogen and oxygen atoms in total. The first-order valence-electron chi connectivity index (χ1n) is 6.18. The van der Waals surface area contributed by atoms with Gasteiger partial charge in [-0.3, -0.25) is 0 Å². The zero-order valence-electron chi connectivity index (χ0n) is 10.1. The highest BCUT2D eigenvalue weighted by Gasteiger charge is 2.48. The van der Waals surface area contributed by atoms with Crippen molar-refractivity contribution in [3.63, 3.8) is 0 Å². The minimum Gasteiger partial charge on any atom is -0.387 e. The standard InChI is InChI=1S/C13H16O6/c14-9-10(15)12(16)18-8-6-17-13(19-11(8)9)7-4-2-1-3-5-7/h1-5,8-16H,6H2/t8-,9-,10-,11+,12-,13?/m1/s1. The number of ether oxygens (including phenoxy) is 3. The monoisotopic (exact) mass is 268 g/mol. The molecule has 1 unspecified atom stereocenters. The van der Waals surface area contributed by atoms with Gasteiger partial charge in [0.05, 0.1) is 6.61 Å². The molecule has 2 aliphatic rings. The van der Waals surface area contributed by atoms with Gasteiger partial charge < -0.3 is 29.5 Å². The van der Waals surface area contributed by atoms with Crippen molar-refractivity contribution in [2.45, 2.75) is 37.0 Å². The van der Waals surface area contributed by atoms with E-state index in [2.05, 4.69) is 0 Å². The highest BCUT2D eigenvalue weighted by molar-refractivity contribution is 5.16. The Kier molecular flexibility index (Phi) is 3.53. The quantitative estimate of drug-likeness (QED) is 0.639. The minimum absolute atomic E-state index is 0.186. The number of fused-ring (bicyclic) bond motifs is 1. The van der Waals surface area contributed by atoms with Crippen LogP contribution >= 0.6 is 0 Å². The van der Waals surface area contributed by atoms with E-state index >= 15 is 0 Å². The molecule has 104 valence electrons. The molecule has 6 heteroatoms. The molecule has 3 rings (SSSR count). The van der Waals surface area contributed by atoms with Crippen molar-refractivity contribution in [1.29, 1.82) is 0 Å². The second kappa shape index (κ2) is 5.16. The number of benzene rings is 1. The summed E-state index contributed by atoms with van der Waals surface area (Å²) in [5.74, 6) is 0. The van der Waals surface area contributed by atoms with Crippen LogP contribution in [0.4, 0.5) is 0 Å². The van der Waals surface area contributed by atoms with E-state index in [1.807, 2.05) is 30.3 Å². The van der Waals surface area contributed by atoms with Gasteiger partial charge in [0, 0.05) is 5.56 Å². The van der Waals surface area contributed by atoms with E-state index in [1.165, 1.54) is 0 Å². The van der Waals surface area contributed by atoms with Crippen LogP contribution < -0.4 is 0 Å². The zero-order chi connectivity index (χ0) is 13.4. The van der Waals surface area contributed by atoms with Gasteiger partial charge in [-0.15, -0.1) is 0 Å². The van der Waals surface area contributed by atoms with Gasteiger partial charge >= 0.3 is 0 Å². The summed E-state index contributed by atoms with van der Waals surface area (Å²) in [5, 5.41) is 29.0. The first-order chi connectivity index (χ1) is 9.16. The maximum Gasteiger partial charge on any atom is 0.184 e. The maximum absolute atomic E-state index is 9.94. The van der Waals surface area contributed by atoms with Crippen molar-refractivity contribution in [2.75, 3.05) is 6.61 Å². The van der Waals surface area contributed by atoms with Crippen molar-refractivity contribution in [3.05, 3.63) is 35.9 Å². The fraction of sp³-hybridized carbons (Fsp3) is 0.538. The van der Waals surface area contributed by atoms with E-state index in [0.29, 0.717) is 0 Å². The normalized spacial score (nSPS) is 42.7. The van der Waals surface area contributed by atoms with E-state index in [-0.39, 0.29) is 6.61 Å². The molecule has 0 amide bonds. The molecule has 0 radical (unpaired) electrons. The molecular weight excluding hydrogens is 252 g/mol. The Labute approximate surface area is 110 Å². The molecule has 0 bridgehead atoms. The lowest BCUT2D eigenvalue weighted by molar-refractivity contribution is -0.354. The molecule has 0 saturated carbocycles. The summed E-state index contributed by atoms with van der Waals surface area (Å²) < 4.78 is 16.3. The molecule has 6 atom stereocenters. The fourth-order valence-corrected chi connectivity index (χ4v) is 2.37. The first-order valence-corrected chi connectivity index (χ1v) is 6.18. The largest absolute Gasteiger partial charge is 0.387 e. The molecule has 3 N–H and O–H groups in total. The Hall–Kier alpha value is -1.02. The Morgan fingerprint density at radius 1 is 0.947 bits per heavy atom. The van der Waals surface area contributed by atoms with Crippen molar-refractivity contribution in [3.8, 4) is 0 Å². The summed E-state index contributed by atoms with van der Waals surface area (Å²) in [6, 6.07) is 9.31. The maximum atomic E-state index is 9.94. The second-order valence-electron chi connectivity index (χ2n) is 4.72. The van der Waals surface area contributed by atoms with Crippen LogP contribution in [0.2, 0.25) is 0 Å². The molecule has 1 aromatic rings. The molecule has 19 heavy (non-hydrogen) atoms.